The normalized spacial score (nSPS) is 10.7. The zero-order chi connectivity index (χ0) is 24.2. The van der Waals surface area contributed by atoms with E-state index in [0.717, 1.165) is 11.1 Å². The zero-order valence-electron chi connectivity index (χ0n) is 19.0. The van der Waals surface area contributed by atoms with Crippen LogP contribution < -0.4 is 10.1 Å². The Labute approximate surface area is 202 Å². The van der Waals surface area contributed by atoms with Gasteiger partial charge in [-0.15, -0.1) is 0 Å². The number of rotatable bonds is 6. The van der Waals surface area contributed by atoms with Crippen LogP contribution in [0.25, 0.3) is 22.2 Å². The van der Waals surface area contributed by atoms with Crippen LogP contribution in [-0.4, -0.2) is 30.6 Å². The number of benzene rings is 3. The lowest BCUT2D eigenvalue weighted by molar-refractivity contribution is -0.119. The first-order valence-electron chi connectivity index (χ1n) is 10.6. The van der Waals surface area contributed by atoms with Crippen LogP contribution in [0, 0.1) is 13.8 Å². The van der Waals surface area contributed by atoms with Gasteiger partial charge < -0.3 is 14.8 Å². The maximum Gasteiger partial charge on any atom is 0.339 e. The van der Waals surface area contributed by atoms with Crippen molar-refractivity contribution >= 4 is 40.1 Å². The fourth-order valence-corrected chi connectivity index (χ4v) is 3.90. The summed E-state index contributed by atoms with van der Waals surface area (Å²) in [5.41, 5.74) is 4.85. The van der Waals surface area contributed by atoms with Crippen molar-refractivity contribution in [1.82, 2.24) is 4.98 Å². The number of aryl methyl sites for hydroxylation is 1. The summed E-state index contributed by atoms with van der Waals surface area (Å²) >= 11 is 6.01. The highest BCUT2D eigenvalue weighted by Gasteiger charge is 2.21. The molecule has 0 aliphatic rings. The number of hydrogen-bond donors (Lipinski definition) is 1. The lowest BCUT2D eigenvalue weighted by atomic mass is 9.97. The Kier molecular flexibility index (Phi) is 6.80. The van der Waals surface area contributed by atoms with Crippen LogP contribution in [0.2, 0.25) is 5.02 Å². The maximum absolute atomic E-state index is 13.2. The van der Waals surface area contributed by atoms with Crippen molar-refractivity contribution in [3.8, 4) is 17.0 Å². The Balaban J connectivity index is 1.61. The number of anilines is 1. The van der Waals surface area contributed by atoms with Gasteiger partial charge >= 0.3 is 5.97 Å². The van der Waals surface area contributed by atoms with E-state index in [-0.39, 0.29) is 0 Å². The van der Waals surface area contributed by atoms with Crippen LogP contribution in [0.3, 0.4) is 0 Å². The van der Waals surface area contributed by atoms with E-state index >= 15 is 0 Å². The highest BCUT2D eigenvalue weighted by molar-refractivity contribution is 6.31. The average Bonchev–Trinajstić information content (AvgIpc) is 2.83. The third-order valence-corrected chi connectivity index (χ3v) is 5.67. The average molecular weight is 475 g/mol. The smallest absolute Gasteiger partial charge is 0.339 e. The molecule has 0 aliphatic heterocycles. The zero-order valence-corrected chi connectivity index (χ0v) is 19.8. The number of hydrogen-bond acceptors (Lipinski definition) is 5. The first-order valence-corrected chi connectivity index (χ1v) is 11.0. The molecule has 6 nitrogen and oxygen atoms in total. The predicted octanol–water partition coefficient (Wildman–Crippen LogP) is 5.98. The maximum atomic E-state index is 13.2. The van der Waals surface area contributed by atoms with E-state index < -0.39 is 18.5 Å². The number of carbonyl (C=O) groups is 2. The molecule has 1 amide bonds. The van der Waals surface area contributed by atoms with Crippen LogP contribution in [0.1, 0.15) is 21.5 Å². The molecule has 4 aromatic rings. The van der Waals surface area contributed by atoms with Crippen molar-refractivity contribution in [3.05, 3.63) is 88.4 Å². The fourth-order valence-electron chi connectivity index (χ4n) is 3.73. The van der Waals surface area contributed by atoms with Crippen molar-refractivity contribution in [2.75, 3.05) is 19.0 Å². The molecule has 34 heavy (non-hydrogen) atoms. The molecule has 0 unspecified atom stereocenters. The van der Waals surface area contributed by atoms with Gasteiger partial charge in [-0.25, -0.2) is 9.78 Å². The molecule has 0 saturated carbocycles. The summed E-state index contributed by atoms with van der Waals surface area (Å²) in [5.74, 6) is -0.663. The van der Waals surface area contributed by atoms with E-state index in [2.05, 4.69) is 5.32 Å². The molecule has 0 bridgehead atoms. The van der Waals surface area contributed by atoms with Crippen LogP contribution in [0.4, 0.5) is 5.69 Å². The van der Waals surface area contributed by atoms with Gasteiger partial charge in [0.1, 0.15) is 5.75 Å². The molecule has 0 atom stereocenters. The van der Waals surface area contributed by atoms with Gasteiger partial charge in [0.2, 0.25) is 0 Å². The summed E-state index contributed by atoms with van der Waals surface area (Å²) in [4.78, 5) is 30.5. The predicted molar refractivity (Wildman–Crippen MR) is 134 cm³/mol. The summed E-state index contributed by atoms with van der Waals surface area (Å²) in [7, 11) is 1.49. The van der Waals surface area contributed by atoms with Crippen molar-refractivity contribution in [1.29, 1.82) is 0 Å². The van der Waals surface area contributed by atoms with Crippen molar-refractivity contribution < 1.29 is 19.1 Å². The highest BCUT2D eigenvalue weighted by Crippen LogP contribution is 2.31. The topological polar surface area (TPSA) is 77.5 Å². The summed E-state index contributed by atoms with van der Waals surface area (Å²) in [5, 5.41) is 3.77. The van der Waals surface area contributed by atoms with Gasteiger partial charge in [0.25, 0.3) is 5.91 Å². The number of ether oxygens (including phenoxy) is 2. The third kappa shape index (κ3) is 4.87. The first-order chi connectivity index (χ1) is 16.4. The summed E-state index contributed by atoms with van der Waals surface area (Å²) in [6.07, 6.45) is 0. The minimum absolute atomic E-state index is 0.384. The summed E-state index contributed by atoms with van der Waals surface area (Å²) in [6.45, 7) is 3.38. The number of halogens is 1. The molecule has 0 saturated heterocycles. The monoisotopic (exact) mass is 474 g/mol. The second-order valence-electron chi connectivity index (χ2n) is 7.81. The third-order valence-electron chi connectivity index (χ3n) is 5.43. The number of esters is 1. The molecule has 0 aliphatic carbocycles. The molecule has 0 radical (unpaired) electrons. The standard InChI is InChI=1S/C27H23ClN2O4/c1-16-8-10-18(11-9-16)26-17(2)25(20-6-4-5-7-21(20)30-26)27(32)34-15-24(31)29-22-14-19(28)12-13-23(22)33-3/h4-14H,15H2,1-3H3,(H,29,31). The first kappa shape index (κ1) is 23.3. The lowest BCUT2D eigenvalue weighted by Gasteiger charge is -2.15. The lowest BCUT2D eigenvalue weighted by Crippen LogP contribution is -2.22. The number of fused-ring (bicyclic) bond motifs is 1. The van der Waals surface area contributed by atoms with Crippen LogP contribution in [-0.2, 0) is 9.53 Å². The SMILES string of the molecule is COc1ccc(Cl)cc1NC(=O)COC(=O)c1c(C)c(-c2ccc(C)cc2)nc2ccccc12. The second-order valence-corrected chi connectivity index (χ2v) is 8.25. The van der Waals surface area contributed by atoms with Gasteiger partial charge in [0.05, 0.1) is 29.6 Å². The molecule has 1 aromatic heterocycles. The molecular formula is C27H23ClN2O4. The number of amides is 1. The van der Waals surface area contributed by atoms with E-state index in [1.54, 1.807) is 18.2 Å². The van der Waals surface area contributed by atoms with Gasteiger partial charge in [0.15, 0.2) is 6.61 Å². The summed E-state index contributed by atoms with van der Waals surface area (Å²) in [6, 6.07) is 20.2. The summed E-state index contributed by atoms with van der Waals surface area (Å²) < 4.78 is 10.6. The molecule has 4 rings (SSSR count). The van der Waals surface area contributed by atoms with E-state index in [0.29, 0.717) is 44.2 Å². The fraction of sp³-hybridized carbons (Fsp3) is 0.148. The minimum Gasteiger partial charge on any atom is -0.495 e. The van der Waals surface area contributed by atoms with E-state index in [1.807, 2.05) is 62.4 Å². The highest BCUT2D eigenvalue weighted by atomic mass is 35.5. The Morgan fingerprint density at radius 3 is 2.47 bits per heavy atom. The van der Waals surface area contributed by atoms with E-state index in [4.69, 9.17) is 26.1 Å². The number of pyridine rings is 1. The molecule has 3 aromatic carbocycles. The Hall–Kier alpha value is -3.90. The van der Waals surface area contributed by atoms with Crippen LogP contribution in [0.15, 0.2) is 66.7 Å². The molecule has 0 fully saturated rings. The quantitative estimate of drug-likeness (QED) is 0.348. The van der Waals surface area contributed by atoms with Gasteiger partial charge in [-0.2, -0.15) is 0 Å². The van der Waals surface area contributed by atoms with Crippen LogP contribution >= 0.6 is 11.6 Å². The second kappa shape index (κ2) is 9.93. The Morgan fingerprint density at radius 1 is 1.00 bits per heavy atom. The molecule has 7 heteroatoms. The van der Waals surface area contributed by atoms with Gasteiger partial charge in [0, 0.05) is 16.0 Å². The van der Waals surface area contributed by atoms with E-state index in [1.165, 1.54) is 7.11 Å². The molecule has 172 valence electrons. The molecule has 1 N–H and O–H groups in total. The number of nitrogens with zero attached hydrogens (tertiary/aromatic N) is 1. The molecular weight excluding hydrogens is 452 g/mol. The van der Waals surface area contributed by atoms with Crippen LogP contribution in [0.5, 0.6) is 5.75 Å². The number of para-hydroxylation sites is 1. The Morgan fingerprint density at radius 2 is 1.74 bits per heavy atom. The largest absolute Gasteiger partial charge is 0.495 e. The number of nitrogens with one attached hydrogen (secondary N) is 1. The number of carbonyl (C=O) groups excluding carboxylic acids is 2. The minimum atomic E-state index is -0.599. The number of methoxy groups -OCH3 is 1. The van der Waals surface area contributed by atoms with Crippen molar-refractivity contribution in [2.24, 2.45) is 0 Å². The van der Waals surface area contributed by atoms with Crippen molar-refractivity contribution in [3.63, 3.8) is 0 Å². The molecule has 1 heterocycles. The van der Waals surface area contributed by atoms with Gasteiger partial charge in [-0.05, 0) is 43.7 Å². The number of aromatic nitrogens is 1. The molecule has 0 spiro atoms. The Bertz CT molecular complexity index is 1380. The van der Waals surface area contributed by atoms with Crippen molar-refractivity contribution in [2.45, 2.75) is 13.8 Å². The van der Waals surface area contributed by atoms with Gasteiger partial charge in [-0.3, -0.25) is 4.79 Å². The van der Waals surface area contributed by atoms with E-state index in [9.17, 15) is 9.59 Å². The van der Waals surface area contributed by atoms with Gasteiger partial charge in [-0.1, -0.05) is 59.6 Å².